The van der Waals surface area contributed by atoms with Gasteiger partial charge >= 0.3 is 24.2 Å². The molecule has 2 aromatic heterocycles. The van der Waals surface area contributed by atoms with Gasteiger partial charge in [-0.1, -0.05) is 23.7 Å². The summed E-state index contributed by atoms with van der Waals surface area (Å²) in [6.45, 7) is 0.693. The molecule has 0 aliphatic rings. The molecule has 0 saturated heterocycles. The van der Waals surface area contributed by atoms with Crippen LogP contribution in [0.15, 0.2) is 53.3 Å². The molecule has 0 aliphatic heterocycles. The van der Waals surface area contributed by atoms with Gasteiger partial charge in [-0.3, -0.25) is 9.36 Å². The Labute approximate surface area is 242 Å². The van der Waals surface area contributed by atoms with Crippen molar-refractivity contribution in [3.63, 3.8) is 0 Å². The zero-order valence-corrected chi connectivity index (χ0v) is 22.9. The number of carbonyl (C=O) groups is 1. The summed E-state index contributed by atoms with van der Waals surface area (Å²) >= 11 is 5.89. The lowest BCUT2D eigenvalue weighted by Gasteiger charge is -2.16. The lowest BCUT2D eigenvalue weighted by Crippen LogP contribution is -2.37. The maximum Gasteiger partial charge on any atom is 0.573 e. The summed E-state index contributed by atoms with van der Waals surface area (Å²) in [5.41, 5.74) is -1.14. The van der Waals surface area contributed by atoms with E-state index >= 15 is 0 Å². The normalized spacial score (nSPS) is 13.5. The van der Waals surface area contributed by atoms with Crippen LogP contribution in [0.4, 0.5) is 26.3 Å². The van der Waals surface area contributed by atoms with Crippen LogP contribution in [0.25, 0.3) is 17.1 Å². The molecule has 0 amide bonds. The summed E-state index contributed by atoms with van der Waals surface area (Å²) in [6.07, 6.45) is -14.2. The van der Waals surface area contributed by atoms with Gasteiger partial charge in [0.25, 0.3) is 0 Å². The maximum atomic E-state index is 13.2. The van der Waals surface area contributed by atoms with Gasteiger partial charge in [-0.05, 0) is 43.3 Å². The highest BCUT2D eigenvalue weighted by molar-refractivity contribution is 6.30. The zero-order valence-electron chi connectivity index (χ0n) is 22.1. The first-order valence-electron chi connectivity index (χ1n) is 12.2. The predicted molar refractivity (Wildman–Crippen MR) is 136 cm³/mol. The molecule has 0 aliphatic carbocycles. The Morgan fingerprint density at radius 3 is 2.30 bits per heavy atom. The lowest BCUT2D eigenvalue weighted by molar-refractivity contribution is -0.274. The largest absolute Gasteiger partial charge is 0.573 e. The zero-order chi connectivity index (χ0) is 31.7. The molecule has 11 nitrogen and oxygen atoms in total. The third-order valence-corrected chi connectivity index (χ3v) is 6.00. The fraction of sp³-hybridized carbons (Fsp3) is 0.320. The third kappa shape index (κ3) is 7.53. The van der Waals surface area contributed by atoms with Gasteiger partial charge in [0.2, 0.25) is 0 Å². The molecule has 18 heteroatoms. The number of aliphatic hydroxyl groups excluding tert-OH is 1. The molecule has 230 valence electrons. The average Bonchev–Trinajstić information content (AvgIpc) is 3.45. The van der Waals surface area contributed by atoms with Crippen molar-refractivity contribution in [2.45, 2.75) is 51.7 Å². The van der Waals surface area contributed by atoms with Crippen molar-refractivity contribution in [3.05, 3.63) is 75.7 Å². The Balaban J connectivity index is 1.82. The monoisotopic (exact) mass is 634 g/mol. The van der Waals surface area contributed by atoms with Gasteiger partial charge in [0.05, 0.1) is 6.54 Å². The van der Waals surface area contributed by atoms with Crippen molar-refractivity contribution in [1.29, 1.82) is 0 Å². The topological polar surface area (TPSA) is 126 Å². The number of nitrogens with zero attached hydrogens (tertiary/aromatic N) is 6. The predicted octanol–water partition coefficient (Wildman–Crippen LogP) is 4.44. The van der Waals surface area contributed by atoms with Crippen molar-refractivity contribution in [2.75, 3.05) is 0 Å². The SMILES string of the molecule is CC(=O)OC(C)c1nc(Cn2nc(-c3ccc(Cl)cc3)n(CC(O)C(F)(F)F)c2=O)nn1-c1ccccc1OC(F)(F)F. The smallest absolute Gasteiger partial charge is 0.455 e. The molecule has 0 radical (unpaired) electrons. The quantitative estimate of drug-likeness (QED) is 0.212. The van der Waals surface area contributed by atoms with E-state index < -0.39 is 55.2 Å². The molecular formula is C25H21ClF6N6O5. The molecule has 2 heterocycles. The lowest BCUT2D eigenvalue weighted by atomic mass is 10.2. The fourth-order valence-electron chi connectivity index (χ4n) is 3.95. The molecule has 2 aromatic carbocycles. The Bertz CT molecular complexity index is 1660. The molecule has 0 fully saturated rings. The molecule has 43 heavy (non-hydrogen) atoms. The fourth-order valence-corrected chi connectivity index (χ4v) is 4.08. The third-order valence-electron chi connectivity index (χ3n) is 5.75. The summed E-state index contributed by atoms with van der Waals surface area (Å²) in [4.78, 5) is 29.1. The Hall–Kier alpha value is -4.38. The van der Waals surface area contributed by atoms with Gasteiger partial charge in [0, 0.05) is 17.5 Å². The second-order valence-corrected chi connectivity index (χ2v) is 9.44. The first-order valence-corrected chi connectivity index (χ1v) is 12.6. The molecule has 0 bridgehead atoms. The molecule has 2 unspecified atom stereocenters. The minimum absolute atomic E-state index is 0.165. The highest BCUT2D eigenvalue weighted by atomic mass is 35.5. The van der Waals surface area contributed by atoms with Gasteiger partial charge in [-0.2, -0.15) is 13.2 Å². The van der Waals surface area contributed by atoms with Crippen molar-refractivity contribution in [1.82, 2.24) is 29.1 Å². The minimum atomic E-state index is -5.07. The van der Waals surface area contributed by atoms with Crippen LogP contribution in [0.5, 0.6) is 5.75 Å². The second-order valence-electron chi connectivity index (χ2n) is 9.00. The number of carbonyl (C=O) groups excluding carboxylic acids is 1. The summed E-state index contributed by atoms with van der Waals surface area (Å²) in [7, 11) is 0. The molecule has 4 rings (SSSR count). The Morgan fingerprint density at radius 1 is 1.05 bits per heavy atom. The molecule has 4 aromatic rings. The van der Waals surface area contributed by atoms with Crippen molar-refractivity contribution < 1.29 is 45.7 Å². The molecule has 1 N–H and O–H groups in total. The maximum absolute atomic E-state index is 13.2. The van der Waals surface area contributed by atoms with Gasteiger partial charge in [0.15, 0.2) is 35.4 Å². The van der Waals surface area contributed by atoms with Crippen molar-refractivity contribution in [2.24, 2.45) is 0 Å². The standard InChI is InChI=1S/C25H21ClF6N6O5/c1-13(42-14(2)39)21-33-20(34-38(21)17-5-3-4-6-18(17)43-25(30,31)32)12-37-23(41)36(11-19(40)24(27,28)29)22(35-37)15-7-9-16(26)10-8-15/h3-10,13,19,40H,11-12H2,1-2H3. The number of rotatable bonds is 9. The van der Waals surface area contributed by atoms with Crippen LogP contribution in [0.3, 0.4) is 0 Å². The summed E-state index contributed by atoms with van der Waals surface area (Å²) in [5, 5.41) is 18.3. The van der Waals surface area contributed by atoms with Gasteiger partial charge in [-0.25, -0.2) is 19.1 Å². The van der Waals surface area contributed by atoms with Crippen molar-refractivity contribution in [3.8, 4) is 22.8 Å². The van der Waals surface area contributed by atoms with E-state index in [1.165, 1.54) is 49.4 Å². The minimum Gasteiger partial charge on any atom is -0.455 e. The number of esters is 1. The van der Waals surface area contributed by atoms with Crippen LogP contribution < -0.4 is 10.4 Å². The highest BCUT2D eigenvalue weighted by Crippen LogP contribution is 2.31. The highest BCUT2D eigenvalue weighted by Gasteiger charge is 2.39. The van der Waals surface area contributed by atoms with Gasteiger partial charge < -0.3 is 14.6 Å². The number of benzene rings is 2. The van der Waals surface area contributed by atoms with E-state index in [1.54, 1.807) is 0 Å². The second kappa shape index (κ2) is 12.1. The van der Waals surface area contributed by atoms with Crippen molar-refractivity contribution >= 4 is 17.6 Å². The number of ether oxygens (including phenoxy) is 2. The van der Waals surface area contributed by atoms with Crippen LogP contribution >= 0.6 is 11.6 Å². The molecule has 2 atom stereocenters. The van der Waals surface area contributed by atoms with E-state index in [-0.39, 0.29) is 28.7 Å². The van der Waals surface area contributed by atoms with E-state index in [2.05, 4.69) is 19.9 Å². The number of aromatic nitrogens is 6. The Kier molecular flexibility index (Phi) is 8.87. The summed E-state index contributed by atoms with van der Waals surface area (Å²) in [5.74, 6) is -2.06. The molecule has 0 spiro atoms. The Morgan fingerprint density at radius 2 is 1.70 bits per heavy atom. The van der Waals surface area contributed by atoms with E-state index in [9.17, 15) is 41.0 Å². The summed E-state index contributed by atoms with van der Waals surface area (Å²) < 4.78 is 90.2. The molecule has 0 saturated carbocycles. The van der Waals surface area contributed by atoms with E-state index in [4.69, 9.17) is 16.3 Å². The number of hydrogen-bond acceptors (Lipinski definition) is 8. The molecular weight excluding hydrogens is 614 g/mol. The number of para-hydroxylation sites is 2. The number of halogens is 7. The van der Waals surface area contributed by atoms with Crippen LogP contribution in [0.2, 0.25) is 5.02 Å². The van der Waals surface area contributed by atoms with E-state index in [0.29, 0.717) is 14.3 Å². The number of hydrogen-bond donors (Lipinski definition) is 1. The van der Waals surface area contributed by atoms with E-state index in [0.717, 1.165) is 17.7 Å². The van der Waals surface area contributed by atoms with Crippen LogP contribution in [0, 0.1) is 0 Å². The average molecular weight is 635 g/mol. The van der Waals surface area contributed by atoms with E-state index in [1.807, 2.05) is 0 Å². The van der Waals surface area contributed by atoms with Crippen LogP contribution in [0.1, 0.15) is 31.6 Å². The first-order chi connectivity index (χ1) is 20.0. The van der Waals surface area contributed by atoms with Crippen LogP contribution in [-0.4, -0.2) is 58.8 Å². The number of alkyl halides is 6. The summed E-state index contributed by atoms with van der Waals surface area (Å²) in [6, 6.07) is 10.5. The van der Waals surface area contributed by atoms with Crippen LogP contribution in [-0.2, 0) is 22.6 Å². The number of aliphatic hydroxyl groups is 1. The van der Waals surface area contributed by atoms with Gasteiger partial charge in [-0.15, -0.1) is 23.4 Å². The van der Waals surface area contributed by atoms with Gasteiger partial charge in [0.1, 0.15) is 12.2 Å². The first kappa shape index (κ1) is 31.6.